The van der Waals surface area contributed by atoms with E-state index in [2.05, 4.69) is 10.5 Å². The summed E-state index contributed by atoms with van der Waals surface area (Å²) in [7, 11) is 0. The van der Waals surface area contributed by atoms with Gasteiger partial charge in [-0.3, -0.25) is 4.79 Å². The summed E-state index contributed by atoms with van der Waals surface area (Å²) in [5, 5.41) is 8.41. The van der Waals surface area contributed by atoms with Crippen LogP contribution in [-0.2, 0) is 10.5 Å². The Labute approximate surface area is 153 Å². The molecule has 2 aromatic carbocycles. The van der Waals surface area contributed by atoms with Gasteiger partial charge < -0.3 is 14.6 Å². The third kappa shape index (κ3) is 3.48. The summed E-state index contributed by atoms with van der Waals surface area (Å²) < 4.78 is 11.9. The zero-order valence-corrected chi connectivity index (χ0v) is 15.6. The van der Waals surface area contributed by atoms with E-state index < -0.39 is 5.72 Å². The number of anilines is 1. The molecule has 0 amide bonds. The maximum Gasteiger partial charge on any atom is 0.198 e. The fourth-order valence-electron chi connectivity index (χ4n) is 3.13. The van der Waals surface area contributed by atoms with Gasteiger partial charge in [0.25, 0.3) is 0 Å². The summed E-state index contributed by atoms with van der Waals surface area (Å²) in [6.45, 7) is 7.67. The van der Waals surface area contributed by atoms with E-state index in [0.717, 1.165) is 10.9 Å². The SMILES string of the molecule is CCC(=O)c1ccccc1N[C@@](C)(OC(C)C)c1onc2ccccc12. The van der Waals surface area contributed by atoms with Gasteiger partial charge in [0.1, 0.15) is 5.52 Å². The number of Topliss-reactive ketones (excluding diaryl/α,β-unsaturated/α-hetero) is 1. The second-order valence-electron chi connectivity index (χ2n) is 6.68. The highest BCUT2D eigenvalue weighted by Gasteiger charge is 2.36. The van der Waals surface area contributed by atoms with E-state index in [1.165, 1.54) is 0 Å². The lowest BCUT2D eigenvalue weighted by molar-refractivity contribution is -0.0671. The maximum absolute atomic E-state index is 12.3. The van der Waals surface area contributed by atoms with E-state index in [4.69, 9.17) is 9.26 Å². The number of aromatic nitrogens is 1. The molecule has 0 fully saturated rings. The van der Waals surface area contributed by atoms with E-state index >= 15 is 0 Å². The molecule has 0 aliphatic carbocycles. The number of benzene rings is 2. The summed E-state index contributed by atoms with van der Waals surface area (Å²) in [6, 6.07) is 15.2. The van der Waals surface area contributed by atoms with E-state index in [9.17, 15) is 4.79 Å². The molecule has 0 saturated carbocycles. The standard InChI is InChI=1S/C21H24N2O3/c1-5-19(24)15-10-6-8-12-17(15)22-21(4,25-14(2)3)20-16-11-7-9-13-18(16)23-26-20/h6-14,22H,5H2,1-4H3/t21-/m0/s1. The van der Waals surface area contributed by atoms with Crippen LogP contribution < -0.4 is 5.32 Å². The Morgan fingerprint density at radius 2 is 1.88 bits per heavy atom. The van der Waals surface area contributed by atoms with Crippen LogP contribution >= 0.6 is 0 Å². The molecule has 0 bridgehead atoms. The molecule has 0 aliphatic rings. The molecule has 3 rings (SSSR count). The number of hydrogen-bond acceptors (Lipinski definition) is 5. The summed E-state index contributed by atoms with van der Waals surface area (Å²) in [6.07, 6.45) is 0.372. The summed E-state index contributed by atoms with van der Waals surface area (Å²) in [5.41, 5.74) is 1.13. The molecule has 136 valence electrons. The molecule has 1 heterocycles. The highest BCUT2D eigenvalue weighted by atomic mass is 16.5. The van der Waals surface area contributed by atoms with Crippen molar-refractivity contribution < 1.29 is 14.1 Å². The Kier molecular flexibility index (Phi) is 5.09. The van der Waals surface area contributed by atoms with Gasteiger partial charge in [-0.1, -0.05) is 36.3 Å². The molecule has 1 aromatic heterocycles. The van der Waals surface area contributed by atoms with Crippen molar-refractivity contribution in [2.45, 2.75) is 45.9 Å². The van der Waals surface area contributed by atoms with Crippen LogP contribution in [0.2, 0.25) is 0 Å². The van der Waals surface area contributed by atoms with E-state index in [1.54, 1.807) is 0 Å². The first-order valence-electron chi connectivity index (χ1n) is 8.87. The molecule has 0 aliphatic heterocycles. The van der Waals surface area contributed by atoms with E-state index in [1.807, 2.05) is 76.2 Å². The van der Waals surface area contributed by atoms with Crippen LogP contribution in [0.3, 0.4) is 0 Å². The van der Waals surface area contributed by atoms with Crippen molar-refractivity contribution in [3.05, 3.63) is 59.9 Å². The number of hydrogen-bond donors (Lipinski definition) is 1. The van der Waals surface area contributed by atoms with Crippen LogP contribution in [0.25, 0.3) is 10.9 Å². The van der Waals surface area contributed by atoms with Gasteiger partial charge in [0.2, 0.25) is 0 Å². The second-order valence-corrected chi connectivity index (χ2v) is 6.68. The van der Waals surface area contributed by atoms with Crippen LogP contribution in [0, 0.1) is 0 Å². The Morgan fingerprint density at radius 1 is 1.19 bits per heavy atom. The molecule has 1 atom stereocenters. The number of carbonyl (C=O) groups is 1. The van der Waals surface area contributed by atoms with Gasteiger partial charge in [-0.05, 0) is 45.0 Å². The van der Waals surface area contributed by atoms with Gasteiger partial charge in [0.15, 0.2) is 17.3 Å². The lowest BCUT2D eigenvalue weighted by atomic mass is 10.0. The highest BCUT2D eigenvalue weighted by molar-refractivity contribution is 6.01. The fourth-order valence-corrected chi connectivity index (χ4v) is 3.13. The van der Waals surface area contributed by atoms with E-state index in [0.29, 0.717) is 23.4 Å². The zero-order valence-electron chi connectivity index (χ0n) is 15.6. The molecular formula is C21H24N2O3. The molecule has 1 N–H and O–H groups in total. The molecule has 0 saturated heterocycles. The number of nitrogens with zero attached hydrogens (tertiary/aromatic N) is 1. The van der Waals surface area contributed by atoms with Crippen molar-refractivity contribution in [3.63, 3.8) is 0 Å². The normalized spacial score (nSPS) is 13.7. The molecule has 0 spiro atoms. The Bertz CT molecular complexity index is 916. The van der Waals surface area contributed by atoms with Gasteiger partial charge >= 0.3 is 0 Å². The minimum Gasteiger partial charge on any atom is -0.355 e. The minimum atomic E-state index is -0.978. The van der Waals surface area contributed by atoms with Crippen LogP contribution in [0.1, 0.15) is 50.2 Å². The molecule has 0 radical (unpaired) electrons. The predicted molar refractivity (Wildman–Crippen MR) is 102 cm³/mol. The van der Waals surface area contributed by atoms with Crippen LogP contribution in [0.15, 0.2) is 53.1 Å². The smallest absolute Gasteiger partial charge is 0.198 e. The van der Waals surface area contributed by atoms with Crippen molar-refractivity contribution in [2.75, 3.05) is 5.32 Å². The van der Waals surface area contributed by atoms with Gasteiger partial charge in [0.05, 0.1) is 6.10 Å². The first-order valence-corrected chi connectivity index (χ1v) is 8.87. The summed E-state index contributed by atoms with van der Waals surface area (Å²) in [4.78, 5) is 12.3. The second kappa shape index (κ2) is 7.30. The highest BCUT2D eigenvalue weighted by Crippen LogP contribution is 2.35. The molecule has 5 heteroatoms. The first kappa shape index (κ1) is 18.1. The van der Waals surface area contributed by atoms with Crippen LogP contribution in [-0.4, -0.2) is 17.0 Å². The molecule has 0 unspecified atom stereocenters. The van der Waals surface area contributed by atoms with Crippen molar-refractivity contribution in [3.8, 4) is 0 Å². The number of ketones is 1. The first-order chi connectivity index (χ1) is 12.4. The summed E-state index contributed by atoms with van der Waals surface area (Å²) >= 11 is 0. The van der Waals surface area contributed by atoms with E-state index in [-0.39, 0.29) is 11.9 Å². The Balaban J connectivity index is 2.09. The van der Waals surface area contributed by atoms with Crippen LogP contribution in [0.5, 0.6) is 0 Å². The lowest BCUT2D eigenvalue weighted by Crippen LogP contribution is -2.37. The maximum atomic E-state index is 12.3. The lowest BCUT2D eigenvalue weighted by Gasteiger charge is -2.32. The fraction of sp³-hybridized carbons (Fsp3) is 0.333. The van der Waals surface area contributed by atoms with Gasteiger partial charge in [0, 0.05) is 23.1 Å². The Hall–Kier alpha value is -2.66. The third-order valence-corrected chi connectivity index (χ3v) is 4.21. The number of rotatable bonds is 7. The number of carbonyl (C=O) groups excluding carboxylic acids is 1. The largest absolute Gasteiger partial charge is 0.355 e. The van der Waals surface area contributed by atoms with Gasteiger partial charge in [-0.25, -0.2) is 0 Å². The quantitative estimate of drug-likeness (QED) is 0.472. The van der Waals surface area contributed by atoms with Crippen molar-refractivity contribution in [1.29, 1.82) is 0 Å². The minimum absolute atomic E-state index is 0.0644. The zero-order chi connectivity index (χ0) is 18.7. The van der Waals surface area contributed by atoms with Crippen LogP contribution in [0.4, 0.5) is 5.69 Å². The predicted octanol–water partition coefficient (Wildman–Crippen LogP) is 5.13. The third-order valence-electron chi connectivity index (χ3n) is 4.21. The Morgan fingerprint density at radius 3 is 2.62 bits per heavy atom. The van der Waals surface area contributed by atoms with Crippen molar-refractivity contribution in [2.24, 2.45) is 0 Å². The average Bonchev–Trinajstić information content (AvgIpc) is 3.05. The summed E-state index contributed by atoms with van der Waals surface area (Å²) in [5.74, 6) is 0.656. The van der Waals surface area contributed by atoms with Crippen molar-refractivity contribution >= 4 is 22.4 Å². The number of fused-ring (bicyclic) bond motifs is 1. The van der Waals surface area contributed by atoms with Gasteiger partial charge in [-0.2, -0.15) is 0 Å². The van der Waals surface area contributed by atoms with Crippen molar-refractivity contribution in [1.82, 2.24) is 5.16 Å². The van der Waals surface area contributed by atoms with Gasteiger partial charge in [-0.15, -0.1) is 0 Å². The monoisotopic (exact) mass is 352 g/mol. The number of ether oxygens (including phenoxy) is 1. The number of para-hydroxylation sites is 1. The topological polar surface area (TPSA) is 64.4 Å². The molecule has 26 heavy (non-hydrogen) atoms. The average molecular weight is 352 g/mol. The number of nitrogens with one attached hydrogen (secondary N) is 1. The molecule has 5 nitrogen and oxygen atoms in total. The molecular weight excluding hydrogens is 328 g/mol. The molecule has 3 aromatic rings.